The molecule has 1 saturated carbocycles. The van der Waals surface area contributed by atoms with Gasteiger partial charge >= 0.3 is 0 Å². The number of rotatable bonds is 5. The summed E-state index contributed by atoms with van der Waals surface area (Å²) < 4.78 is 5.46. The molecule has 1 aliphatic heterocycles. The van der Waals surface area contributed by atoms with Gasteiger partial charge < -0.3 is 15.0 Å². The number of aromatic nitrogens is 1. The van der Waals surface area contributed by atoms with Crippen molar-refractivity contribution in [3.05, 3.63) is 22.8 Å². The van der Waals surface area contributed by atoms with Gasteiger partial charge in [0.1, 0.15) is 5.82 Å². The van der Waals surface area contributed by atoms with Crippen molar-refractivity contribution >= 4 is 17.4 Å². The third-order valence-electron chi connectivity index (χ3n) is 4.06. The van der Waals surface area contributed by atoms with Crippen LogP contribution in [-0.4, -0.2) is 37.3 Å². The van der Waals surface area contributed by atoms with Gasteiger partial charge in [-0.1, -0.05) is 11.6 Å². The van der Waals surface area contributed by atoms with Crippen molar-refractivity contribution in [3.8, 4) is 0 Å². The van der Waals surface area contributed by atoms with Crippen LogP contribution in [0.15, 0.2) is 12.3 Å². The first kappa shape index (κ1) is 14.1. The van der Waals surface area contributed by atoms with Gasteiger partial charge in [0.25, 0.3) is 0 Å². The van der Waals surface area contributed by atoms with E-state index in [-0.39, 0.29) is 6.10 Å². The molecule has 0 aromatic carbocycles. The van der Waals surface area contributed by atoms with E-state index in [1.165, 1.54) is 12.8 Å². The SMILES string of the molecule is COC1CCCN(c2ncc(CNC3CC3)cc2Cl)C1. The predicted octanol–water partition coefficient (Wildman–Crippen LogP) is 2.60. The van der Waals surface area contributed by atoms with Gasteiger partial charge in [0.15, 0.2) is 0 Å². The Bertz CT molecular complexity index is 464. The highest BCUT2D eigenvalue weighted by Crippen LogP contribution is 2.27. The summed E-state index contributed by atoms with van der Waals surface area (Å²) >= 11 is 6.41. The van der Waals surface area contributed by atoms with Crippen LogP contribution in [-0.2, 0) is 11.3 Å². The summed E-state index contributed by atoms with van der Waals surface area (Å²) in [6.45, 7) is 2.74. The van der Waals surface area contributed by atoms with E-state index in [1.807, 2.05) is 12.3 Å². The van der Waals surface area contributed by atoms with E-state index in [1.54, 1.807) is 7.11 Å². The zero-order chi connectivity index (χ0) is 13.9. The van der Waals surface area contributed by atoms with Crippen LogP contribution in [0, 0.1) is 0 Å². The molecule has 0 amide bonds. The third-order valence-corrected chi connectivity index (χ3v) is 4.34. The molecule has 1 saturated heterocycles. The van der Waals surface area contributed by atoms with Gasteiger partial charge in [-0.15, -0.1) is 0 Å². The van der Waals surface area contributed by atoms with Crippen LogP contribution < -0.4 is 10.2 Å². The zero-order valence-corrected chi connectivity index (χ0v) is 12.7. The maximum absolute atomic E-state index is 6.41. The van der Waals surface area contributed by atoms with Crippen LogP contribution in [0.4, 0.5) is 5.82 Å². The number of nitrogens with one attached hydrogen (secondary N) is 1. The fraction of sp³-hybridized carbons (Fsp3) is 0.667. The molecule has 1 N–H and O–H groups in total. The normalized spacial score (nSPS) is 23.1. The Kier molecular flexibility index (Phi) is 4.44. The van der Waals surface area contributed by atoms with Gasteiger partial charge in [-0.2, -0.15) is 0 Å². The summed E-state index contributed by atoms with van der Waals surface area (Å²) in [5, 5.41) is 4.23. The summed E-state index contributed by atoms with van der Waals surface area (Å²) in [5.41, 5.74) is 1.16. The number of hydrogen-bond donors (Lipinski definition) is 1. The van der Waals surface area contributed by atoms with Crippen LogP contribution in [0.3, 0.4) is 0 Å². The Labute approximate surface area is 125 Å². The van der Waals surface area contributed by atoms with Crippen molar-refractivity contribution in [2.75, 3.05) is 25.1 Å². The van der Waals surface area contributed by atoms with E-state index in [2.05, 4.69) is 15.2 Å². The Balaban J connectivity index is 1.66. The number of methoxy groups -OCH3 is 1. The molecule has 1 aromatic rings. The average Bonchev–Trinajstić information content (AvgIpc) is 3.29. The van der Waals surface area contributed by atoms with Gasteiger partial charge in [-0.3, -0.25) is 0 Å². The first-order valence-electron chi connectivity index (χ1n) is 7.42. The number of nitrogens with zero attached hydrogens (tertiary/aromatic N) is 2. The number of piperidine rings is 1. The van der Waals surface area contributed by atoms with Gasteiger partial charge in [-0.05, 0) is 37.3 Å². The number of ether oxygens (including phenoxy) is 1. The molecule has 0 bridgehead atoms. The molecule has 3 rings (SSSR count). The summed E-state index contributed by atoms with van der Waals surface area (Å²) in [6, 6.07) is 2.74. The molecule has 4 nitrogen and oxygen atoms in total. The Hall–Kier alpha value is -0.840. The minimum atomic E-state index is 0.290. The monoisotopic (exact) mass is 295 g/mol. The molecule has 110 valence electrons. The maximum Gasteiger partial charge on any atom is 0.147 e. The van der Waals surface area contributed by atoms with Gasteiger partial charge in [0, 0.05) is 39.0 Å². The smallest absolute Gasteiger partial charge is 0.147 e. The average molecular weight is 296 g/mol. The third kappa shape index (κ3) is 3.43. The largest absolute Gasteiger partial charge is 0.380 e. The van der Waals surface area contributed by atoms with E-state index in [4.69, 9.17) is 16.3 Å². The molecule has 2 fully saturated rings. The van der Waals surface area contributed by atoms with Crippen LogP contribution in [0.5, 0.6) is 0 Å². The fourth-order valence-corrected chi connectivity index (χ4v) is 2.98. The van der Waals surface area contributed by atoms with Gasteiger partial charge in [0.2, 0.25) is 0 Å². The summed E-state index contributed by atoms with van der Waals surface area (Å²) in [7, 11) is 1.77. The lowest BCUT2D eigenvalue weighted by Gasteiger charge is -2.33. The summed E-state index contributed by atoms with van der Waals surface area (Å²) in [6.07, 6.45) is 7.07. The first-order valence-corrected chi connectivity index (χ1v) is 7.79. The van der Waals surface area contributed by atoms with E-state index in [0.29, 0.717) is 6.04 Å². The van der Waals surface area contributed by atoms with Crippen molar-refractivity contribution in [1.29, 1.82) is 0 Å². The molecule has 2 heterocycles. The molecular formula is C15H22ClN3O. The van der Waals surface area contributed by atoms with E-state index >= 15 is 0 Å². The lowest BCUT2D eigenvalue weighted by molar-refractivity contribution is 0.0891. The predicted molar refractivity (Wildman–Crippen MR) is 81.4 cm³/mol. The second kappa shape index (κ2) is 6.29. The molecule has 2 aliphatic rings. The Morgan fingerprint density at radius 2 is 2.30 bits per heavy atom. The lowest BCUT2D eigenvalue weighted by Crippen LogP contribution is -2.39. The highest BCUT2D eigenvalue weighted by atomic mass is 35.5. The van der Waals surface area contributed by atoms with E-state index < -0.39 is 0 Å². The number of hydrogen-bond acceptors (Lipinski definition) is 4. The van der Waals surface area contributed by atoms with Crippen molar-refractivity contribution in [1.82, 2.24) is 10.3 Å². The summed E-state index contributed by atoms with van der Waals surface area (Å²) in [4.78, 5) is 6.80. The van der Waals surface area contributed by atoms with Gasteiger partial charge in [0.05, 0.1) is 11.1 Å². The van der Waals surface area contributed by atoms with Crippen molar-refractivity contribution in [2.45, 2.75) is 44.4 Å². The molecule has 1 aliphatic carbocycles. The summed E-state index contributed by atoms with van der Waals surface area (Å²) in [5.74, 6) is 0.892. The maximum atomic E-state index is 6.41. The standard InChI is InChI=1S/C15H22ClN3O/c1-20-13-3-2-6-19(10-13)15-14(16)7-11(9-18-15)8-17-12-4-5-12/h7,9,12-13,17H,2-6,8,10H2,1H3. The Morgan fingerprint density at radius 1 is 1.45 bits per heavy atom. The molecule has 5 heteroatoms. The van der Waals surface area contributed by atoms with Crippen LogP contribution in [0.1, 0.15) is 31.2 Å². The number of halogens is 1. The second-order valence-corrected chi connectivity index (χ2v) is 6.16. The zero-order valence-electron chi connectivity index (χ0n) is 11.9. The second-order valence-electron chi connectivity index (χ2n) is 5.75. The molecule has 1 atom stereocenters. The fourth-order valence-electron chi connectivity index (χ4n) is 2.67. The van der Waals surface area contributed by atoms with Crippen molar-refractivity contribution < 1.29 is 4.74 Å². The van der Waals surface area contributed by atoms with Crippen molar-refractivity contribution in [2.24, 2.45) is 0 Å². The topological polar surface area (TPSA) is 37.4 Å². The molecule has 20 heavy (non-hydrogen) atoms. The molecule has 1 unspecified atom stereocenters. The quantitative estimate of drug-likeness (QED) is 0.906. The minimum Gasteiger partial charge on any atom is -0.380 e. The molecule has 0 radical (unpaired) electrons. The van der Waals surface area contributed by atoms with E-state index in [0.717, 1.165) is 48.9 Å². The number of pyridine rings is 1. The highest BCUT2D eigenvalue weighted by molar-refractivity contribution is 6.33. The van der Waals surface area contributed by atoms with Crippen molar-refractivity contribution in [3.63, 3.8) is 0 Å². The highest BCUT2D eigenvalue weighted by Gasteiger charge is 2.23. The van der Waals surface area contributed by atoms with Crippen LogP contribution in [0.25, 0.3) is 0 Å². The minimum absolute atomic E-state index is 0.290. The lowest BCUT2D eigenvalue weighted by atomic mass is 10.1. The number of anilines is 1. The Morgan fingerprint density at radius 3 is 3.00 bits per heavy atom. The molecule has 0 spiro atoms. The van der Waals surface area contributed by atoms with Crippen LogP contribution >= 0.6 is 11.6 Å². The van der Waals surface area contributed by atoms with Crippen LogP contribution in [0.2, 0.25) is 5.02 Å². The van der Waals surface area contributed by atoms with Gasteiger partial charge in [-0.25, -0.2) is 4.98 Å². The van der Waals surface area contributed by atoms with E-state index in [9.17, 15) is 0 Å². The first-order chi connectivity index (χ1) is 9.76. The molecule has 1 aromatic heterocycles. The molecular weight excluding hydrogens is 274 g/mol.